The molecule has 0 aliphatic rings. The summed E-state index contributed by atoms with van der Waals surface area (Å²) < 4.78 is 5.44. The maximum Gasteiger partial charge on any atom is 0.259 e. The number of carbonyl (C=O) groups is 1. The van der Waals surface area contributed by atoms with Gasteiger partial charge in [-0.15, -0.1) is 0 Å². The van der Waals surface area contributed by atoms with E-state index >= 15 is 0 Å². The van der Waals surface area contributed by atoms with Crippen molar-refractivity contribution in [3.05, 3.63) is 84.4 Å². The Morgan fingerprint density at radius 2 is 1.59 bits per heavy atom. The van der Waals surface area contributed by atoms with Gasteiger partial charge in [-0.2, -0.15) is 5.10 Å². The van der Waals surface area contributed by atoms with Crippen LogP contribution in [0.25, 0.3) is 21.5 Å². The highest BCUT2D eigenvalue weighted by atomic mass is 16.5. The third-order valence-electron chi connectivity index (χ3n) is 4.76. The fourth-order valence-electron chi connectivity index (χ4n) is 3.35. The van der Waals surface area contributed by atoms with Crippen LogP contribution in [0.3, 0.4) is 0 Å². The van der Waals surface area contributed by atoms with E-state index in [2.05, 4.69) is 15.8 Å². The van der Waals surface area contributed by atoms with Gasteiger partial charge in [0, 0.05) is 16.6 Å². The Balaban J connectivity index is 1.45. The monoisotopic (exact) mass is 383 g/mol. The Labute approximate surface area is 169 Å². The van der Waals surface area contributed by atoms with Crippen LogP contribution in [0.15, 0.2) is 84.0 Å². The van der Waals surface area contributed by atoms with Gasteiger partial charge in [-0.25, -0.2) is 5.43 Å². The van der Waals surface area contributed by atoms with Crippen molar-refractivity contribution < 1.29 is 9.53 Å². The minimum atomic E-state index is -0.228. The molecule has 0 saturated heterocycles. The van der Waals surface area contributed by atoms with Gasteiger partial charge in [-0.1, -0.05) is 66.7 Å². The molecule has 4 aromatic rings. The molecule has 2 N–H and O–H groups in total. The molecule has 4 aromatic carbocycles. The number of nitrogens with one attached hydrogen (secondary N) is 2. The summed E-state index contributed by atoms with van der Waals surface area (Å²) in [6.07, 6.45) is 1.62. The highest BCUT2D eigenvalue weighted by Crippen LogP contribution is 2.26. The van der Waals surface area contributed by atoms with Gasteiger partial charge >= 0.3 is 0 Å². The van der Waals surface area contributed by atoms with Crippen molar-refractivity contribution in [2.75, 3.05) is 19.0 Å². The average molecular weight is 383 g/mol. The first-order valence-corrected chi connectivity index (χ1v) is 9.35. The lowest BCUT2D eigenvalue weighted by Gasteiger charge is -2.09. The molecule has 29 heavy (non-hydrogen) atoms. The standard InChI is InChI=1S/C24H21N3O2/c1-29-23-14-13-18-8-2-4-10-19(18)21(23)15-26-27-24(28)16-25-22-12-6-9-17-7-3-5-11-20(17)22/h2-15,25H,16H2,1H3,(H,27,28). The minimum Gasteiger partial charge on any atom is -0.496 e. The Hall–Kier alpha value is -3.86. The van der Waals surface area contributed by atoms with E-state index in [9.17, 15) is 4.79 Å². The van der Waals surface area contributed by atoms with Gasteiger partial charge in [0.05, 0.1) is 19.9 Å². The van der Waals surface area contributed by atoms with E-state index in [1.807, 2.05) is 78.9 Å². The average Bonchev–Trinajstić information content (AvgIpc) is 2.77. The van der Waals surface area contributed by atoms with E-state index in [0.29, 0.717) is 5.75 Å². The molecule has 0 fully saturated rings. The number of hydrogen-bond donors (Lipinski definition) is 2. The first-order valence-electron chi connectivity index (χ1n) is 9.35. The van der Waals surface area contributed by atoms with Crippen molar-refractivity contribution in [1.82, 2.24) is 5.43 Å². The SMILES string of the molecule is COc1ccc2ccccc2c1C=NNC(=O)CNc1cccc2ccccc12. The fraction of sp³-hybridized carbons (Fsp3) is 0.0833. The topological polar surface area (TPSA) is 62.7 Å². The van der Waals surface area contributed by atoms with Gasteiger partial charge in [-0.3, -0.25) is 4.79 Å². The number of hydrogen-bond acceptors (Lipinski definition) is 4. The number of ether oxygens (including phenoxy) is 1. The van der Waals surface area contributed by atoms with Gasteiger partial charge in [0.1, 0.15) is 5.75 Å². The second kappa shape index (κ2) is 8.44. The van der Waals surface area contributed by atoms with Crippen LogP contribution in [0.4, 0.5) is 5.69 Å². The molecular formula is C24H21N3O2. The van der Waals surface area contributed by atoms with Crippen molar-refractivity contribution in [3.8, 4) is 5.75 Å². The van der Waals surface area contributed by atoms with E-state index in [4.69, 9.17) is 4.74 Å². The number of amides is 1. The van der Waals surface area contributed by atoms with Crippen LogP contribution in [0.1, 0.15) is 5.56 Å². The summed E-state index contributed by atoms with van der Waals surface area (Å²) >= 11 is 0. The molecule has 144 valence electrons. The molecule has 0 aliphatic heterocycles. The second-order valence-electron chi connectivity index (χ2n) is 6.58. The van der Waals surface area contributed by atoms with E-state index in [-0.39, 0.29) is 12.5 Å². The molecule has 0 atom stereocenters. The normalized spacial score (nSPS) is 11.1. The number of nitrogens with zero attached hydrogens (tertiary/aromatic N) is 1. The molecule has 0 saturated carbocycles. The van der Waals surface area contributed by atoms with Crippen LogP contribution >= 0.6 is 0 Å². The summed E-state index contributed by atoms with van der Waals surface area (Å²) in [5.41, 5.74) is 4.32. The van der Waals surface area contributed by atoms with Crippen molar-refractivity contribution in [2.24, 2.45) is 5.10 Å². The number of hydrazone groups is 1. The van der Waals surface area contributed by atoms with Crippen molar-refractivity contribution >= 4 is 39.4 Å². The van der Waals surface area contributed by atoms with Gasteiger partial charge in [0.25, 0.3) is 5.91 Å². The molecule has 0 aliphatic carbocycles. The van der Waals surface area contributed by atoms with E-state index in [1.165, 1.54) is 0 Å². The molecule has 5 nitrogen and oxygen atoms in total. The van der Waals surface area contributed by atoms with Crippen LogP contribution in [-0.4, -0.2) is 25.8 Å². The molecule has 4 rings (SSSR count). The molecule has 0 unspecified atom stereocenters. The van der Waals surface area contributed by atoms with Gasteiger partial charge in [0.2, 0.25) is 0 Å². The van der Waals surface area contributed by atoms with E-state index in [0.717, 1.165) is 32.8 Å². The summed E-state index contributed by atoms with van der Waals surface area (Å²) in [4.78, 5) is 12.2. The predicted molar refractivity (Wildman–Crippen MR) is 119 cm³/mol. The zero-order chi connectivity index (χ0) is 20.1. The van der Waals surface area contributed by atoms with Crippen molar-refractivity contribution in [1.29, 1.82) is 0 Å². The van der Waals surface area contributed by atoms with Gasteiger partial charge in [0.15, 0.2) is 0 Å². The zero-order valence-electron chi connectivity index (χ0n) is 16.1. The summed E-state index contributed by atoms with van der Waals surface area (Å²) in [6, 6.07) is 25.9. The first kappa shape index (κ1) is 18.5. The molecule has 0 radical (unpaired) electrons. The highest BCUT2D eigenvalue weighted by molar-refractivity contribution is 6.02. The molecule has 0 heterocycles. The Morgan fingerprint density at radius 3 is 2.38 bits per heavy atom. The van der Waals surface area contributed by atoms with Crippen LogP contribution in [-0.2, 0) is 4.79 Å². The van der Waals surface area contributed by atoms with Crippen LogP contribution in [0.2, 0.25) is 0 Å². The van der Waals surface area contributed by atoms with Crippen molar-refractivity contribution in [3.63, 3.8) is 0 Å². The smallest absolute Gasteiger partial charge is 0.259 e. The summed E-state index contributed by atoms with van der Waals surface area (Å²) in [5, 5.41) is 11.6. The van der Waals surface area contributed by atoms with E-state index < -0.39 is 0 Å². The minimum absolute atomic E-state index is 0.123. The third-order valence-corrected chi connectivity index (χ3v) is 4.76. The van der Waals surface area contributed by atoms with Crippen LogP contribution in [0.5, 0.6) is 5.75 Å². The number of benzene rings is 4. The number of anilines is 1. The predicted octanol–water partition coefficient (Wildman–Crippen LogP) is 4.56. The first-order chi connectivity index (χ1) is 14.3. The fourth-order valence-corrected chi connectivity index (χ4v) is 3.35. The zero-order valence-corrected chi connectivity index (χ0v) is 16.1. The Bertz CT molecular complexity index is 1200. The number of carbonyl (C=O) groups excluding carboxylic acids is 1. The summed E-state index contributed by atoms with van der Waals surface area (Å²) in [7, 11) is 1.62. The van der Waals surface area contributed by atoms with Gasteiger partial charge < -0.3 is 10.1 Å². The maximum atomic E-state index is 12.2. The molecule has 0 aromatic heterocycles. The lowest BCUT2D eigenvalue weighted by atomic mass is 10.0. The maximum absolute atomic E-state index is 12.2. The lowest BCUT2D eigenvalue weighted by Crippen LogP contribution is -2.26. The largest absolute Gasteiger partial charge is 0.496 e. The number of methoxy groups -OCH3 is 1. The third kappa shape index (κ3) is 4.04. The summed E-state index contributed by atoms with van der Waals surface area (Å²) in [5.74, 6) is 0.476. The molecular weight excluding hydrogens is 362 g/mol. The summed E-state index contributed by atoms with van der Waals surface area (Å²) in [6.45, 7) is 0.123. The molecule has 0 bridgehead atoms. The highest BCUT2D eigenvalue weighted by Gasteiger charge is 2.07. The lowest BCUT2D eigenvalue weighted by molar-refractivity contribution is -0.119. The molecule has 1 amide bonds. The van der Waals surface area contributed by atoms with Crippen molar-refractivity contribution in [2.45, 2.75) is 0 Å². The quantitative estimate of drug-likeness (QED) is 0.379. The number of fused-ring (bicyclic) bond motifs is 2. The number of rotatable bonds is 6. The Kier molecular flexibility index (Phi) is 5.38. The molecule has 0 spiro atoms. The van der Waals surface area contributed by atoms with Crippen LogP contribution in [0, 0.1) is 0 Å². The molecule has 5 heteroatoms. The van der Waals surface area contributed by atoms with Crippen LogP contribution < -0.4 is 15.5 Å². The van der Waals surface area contributed by atoms with Gasteiger partial charge in [-0.05, 0) is 28.3 Å². The second-order valence-corrected chi connectivity index (χ2v) is 6.58. The Morgan fingerprint density at radius 1 is 0.897 bits per heavy atom. The van der Waals surface area contributed by atoms with E-state index in [1.54, 1.807) is 13.3 Å².